The van der Waals surface area contributed by atoms with Crippen LogP contribution in [-0.4, -0.2) is 34.0 Å². The summed E-state index contributed by atoms with van der Waals surface area (Å²) in [5.41, 5.74) is 1.10. The third-order valence-electron chi connectivity index (χ3n) is 7.48. The maximum atomic E-state index is 13.3. The Kier molecular flexibility index (Phi) is 6.66. The Morgan fingerprint density at radius 1 is 0.523 bits per heavy atom. The van der Waals surface area contributed by atoms with Crippen molar-refractivity contribution in [1.82, 2.24) is 0 Å². The van der Waals surface area contributed by atoms with Crippen molar-refractivity contribution < 1.29 is 29.4 Å². The van der Waals surface area contributed by atoms with E-state index in [4.69, 9.17) is 12.8 Å². The van der Waals surface area contributed by atoms with Gasteiger partial charge in [0.2, 0.25) is 0 Å². The molecule has 210 valence electrons. The van der Waals surface area contributed by atoms with E-state index in [-0.39, 0.29) is 22.3 Å². The number of anilines is 2. The molecule has 2 amide bonds. The van der Waals surface area contributed by atoms with Gasteiger partial charge in [-0.3, -0.25) is 9.59 Å². The smallest absolute Gasteiger partial charge is 0.336 e. The molecule has 0 spiro atoms. The Hall–Kier alpha value is -6.64. The van der Waals surface area contributed by atoms with Crippen molar-refractivity contribution in [3.63, 3.8) is 0 Å². The Labute approximate surface area is 250 Å². The lowest BCUT2D eigenvalue weighted by Crippen LogP contribution is -2.17. The largest absolute Gasteiger partial charge is 0.478 e. The number of nitrogens with one attached hydrogen (secondary N) is 2. The fourth-order valence-corrected chi connectivity index (χ4v) is 5.42. The van der Waals surface area contributed by atoms with Crippen LogP contribution in [0, 0.1) is 24.7 Å². The van der Waals surface area contributed by atoms with Crippen LogP contribution in [-0.2, 0) is 0 Å². The molecule has 0 unspecified atom stereocenters. The number of amides is 2. The lowest BCUT2D eigenvalue weighted by molar-refractivity contribution is 0.0683. The Morgan fingerprint density at radius 3 is 1.27 bits per heavy atom. The molecule has 8 heteroatoms. The molecule has 0 aliphatic carbocycles. The molecular weight excluding hydrogens is 556 g/mol. The van der Waals surface area contributed by atoms with Crippen LogP contribution in [0.1, 0.15) is 52.6 Å². The van der Waals surface area contributed by atoms with Gasteiger partial charge in [-0.1, -0.05) is 48.2 Å². The van der Waals surface area contributed by atoms with E-state index in [1.807, 2.05) is 24.3 Å². The third kappa shape index (κ3) is 4.59. The molecule has 0 atom stereocenters. The van der Waals surface area contributed by atoms with Crippen LogP contribution < -0.4 is 10.6 Å². The van der Waals surface area contributed by atoms with Gasteiger partial charge in [-0.25, -0.2) is 9.59 Å². The highest BCUT2D eigenvalue weighted by Crippen LogP contribution is 2.40. The van der Waals surface area contributed by atoms with E-state index in [1.54, 1.807) is 24.3 Å². The molecule has 0 heterocycles. The summed E-state index contributed by atoms with van der Waals surface area (Å²) in [4.78, 5) is 50.3. The standard InChI is InChI=1S/C36H20N2O6/c1-3-19-5-11-23(27(17-19)35(41)42)33(39)37-29-15-9-21-7-8-22-10-16-30(26-14-13-25(29)31(21)32(22)26)38-34(40)24-12-6-20(4-2)18-28(24)36(43)44/h1-2,5-18H,(H,37,39)(H,38,40)(H,41,42)(H,43,44). The van der Waals surface area contributed by atoms with E-state index in [1.165, 1.54) is 36.4 Å². The summed E-state index contributed by atoms with van der Waals surface area (Å²) in [5.74, 6) is 0.968. The molecule has 6 rings (SSSR count). The first kappa shape index (κ1) is 27.5. The molecule has 0 bridgehead atoms. The van der Waals surface area contributed by atoms with Crippen LogP contribution in [0.2, 0.25) is 0 Å². The van der Waals surface area contributed by atoms with Gasteiger partial charge in [-0.2, -0.15) is 0 Å². The van der Waals surface area contributed by atoms with Crippen LogP contribution >= 0.6 is 0 Å². The van der Waals surface area contributed by atoms with E-state index in [2.05, 4.69) is 22.5 Å². The van der Waals surface area contributed by atoms with Gasteiger partial charge in [0.1, 0.15) is 0 Å². The number of hydrogen-bond donors (Lipinski definition) is 4. The number of carbonyl (C=O) groups excluding carboxylic acids is 2. The topological polar surface area (TPSA) is 133 Å². The molecule has 6 aromatic carbocycles. The van der Waals surface area contributed by atoms with Gasteiger partial charge in [-0.05, 0) is 70.1 Å². The summed E-state index contributed by atoms with van der Waals surface area (Å²) < 4.78 is 0. The van der Waals surface area contributed by atoms with Gasteiger partial charge in [0, 0.05) is 33.3 Å². The minimum atomic E-state index is -1.28. The maximum absolute atomic E-state index is 13.3. The first-order valence-electron chi connectivity index (χ1n) is 13.2. The van der Waals surface area contributed by atoms with Crippen molar-refractivity contribution in [3.8, 4) is 24.7 Å². The van der Waals surface area contributed by atoms with Crippen LogP contribution in [0.4, 0.5) is 11.4 Å². The Morgan fingerprint density at radius 2 is 0.909 bits per heavy atom. The van der Waals surface area contributed by atoms with Gasteiger partial charge < -0.3 is 20.8 Å². The van der Waals surface area contributed by atoms with E-state index in [0.29, 0.717) is 33.3 Å². The SMILES string of the molecule is C#Cc1ccc(C(=O)Nc2ccc3ccc4ccc(NC(=O)c5ccc(C#C)cc5C(=O)O)c5ccc2c3c45)c(C(=O)O)c1. The zero-order valence-corrected chi connectivity index (χ0v) is 22.8. The fraction of sp³-hybridized carbons (Fsp3) is 0. The number of benzene rings is 6. The Bertz CT molecular complexity index is 2140. The summed E-state index contributed by atoms with van der Waals surface area (Å²) >= 11 is 0. The van der Waals surface area contributed by atoms with Crippen molar-refractivity contribution in [2.24, 2.45) is 0 Å². The maximum Gasteiger partial charge on any atom is 0.336 e. The minimum Gasteiger partial charge on any atom is -0.478 e. The third-order valence-corrected chi connectivity index (χ3v) is 7.48. The molecule has 8 nitrogen and oxygen atoms in total. The van der Waals surface area contributed by atoms with Crippen LogP contribution in [0.3, 0.4) is 0 Å². The molecule has 6 aromatic rings. The predicted molar refractivity (Wildman–Crippen MR) is 169 cm³/mol. The van der Waals surface area contributed by atoms with E-state index < -0.39 is 23.8 Å². The second-order valence-corrected chi connectivity index (χ2v) is 9.98. The van der Waals surface area contributed by atoms with Crippen LogP contribution in [0.5, 0.6) is 0 Å². The zero-order chi connectivity index (χ0) is 31.1. The van der Waals surface area contributed by atoms with Crippen molar-refractivity contribution >= 4 is 67.4 Å². The van der Waals surface area contributed by atoms with Crippen molar-refractivity contribution in [1.29, 1.82) is 0 Å². The first-order chi connectivity index (χ1) is 21.2. The molecular formula is C36H20N2O6. The number of terminal acetylenes is 2. The number of hydrogen-bond acceptors (Lipinski definition) is 4. The van der Waals surface area contributed by atoms with Gasteiger partial charge in [0.15, 0.2) is 0 Å². The van der Waals surface area contributed by atoms with Gasteiger partial charge in [-0.15, -0.1) is 12.8 Å². The lowest BCUT2D eigenvalue weighted by atomic mass is 9.92. The molecule has 0 aromatic heterocycles. The van der Waals surface area contributed by atoms with Gasteiger partial charge >= 0.3 is 11.9 Å². The molecule has 0 fully saturated rings. The molecule has 44 heavy (non-hydrogen) atoms. The average molecular weight is 577 g/mol. The zero-order valence-electron chi connectivity index (χ0n) is 22.8. The van der Waals surface area contributed by atoms with Gasteiger partial charge in [0.25, 0.3) is 11.8 Å². The minimum absolute atomic E-state index is 0.0387. The second kappa shape index (κ2) is 10.6. The number of rotatable bonds is 6. The highest BCUT2D eigenvalue weighted by Gasteiger charge is 2.21. The molecule has 0 saturated carbocycles. The first-order valence-corrected chi connectivity index (χ1v) is 13.2. The fourth-order valence-electron chi connectivity index (χ4n) is 5.42. The van der Waals surface area contributed by atoms with Crippen LogP contribution in [0.25, 0.3) is 32.3 Å². The second-order valence-electron chi connectivity index (χ2n) is 9.98. The van der Waals surface area contributed by atoms with Crippen molar-refractivity contribution in [2.75, 3.05) is 10.6 Å². The number of carboxylic acid groups (broad SMARTS) is 2. The highest BCUT2D eigenvalue weighted by molar-refractivity contribution is 6.29. The van der Waals surface area contributed by atoms with E-state index in [9.17, 15) is 29.4 Å². The molecule has 0 aliphatic heterocycles. The van der Waals surface area contributed by atoms with Crippen molar-refractivity contribution in [3.05, 3.63) is 118 Å². The summed E-state index contributed by atoms with van der Waals surface area (Å²) in [7, 11) is 0. The molecule has 0 radical (unpaired) electrons. The lowest BCUT2D eigenvalue weighted by Gasteiger charge is -2.17. The molecule has 0 saturated heterocycles. The predicted octanol–water partition coefficient (Wildman–Crippen LogP) is 6.45. The average Bonchev–Trinajstić information content (AvgIpc) is 3.04. The van der Waals surface area contributed by atoms with E-state index >= 15 is 0 Å². The molecule has 4 N–H and O–H groups in total. The van der Waals surface area contributed by atoms with E-state index in [0.717, 1.165) is 21.5 Å². The number of aromatic carboxylic acids is 2. The summed E-state index contributed by atoms with van der Waals surface area (Å²) in [6, 6.07) is 23.0. The summed E-state index contributed by atoms with van der Waals surface area (Å²) in [6.45, 7) is 0. The van der Waals surface area contributed by atoms with Crippen LogP contribution in [0.15, 0.2) is 84.9 Å². The monoisotopic (exact) mass is 576 g/mol. The summed E-state index contributed by atoms with van der Waals surface area (Å²) in [5, 5.41) is 29.8. The molecule has 0 aliphatic rings. The quantitative estimate of drug-likeness (QED) is 0.133. The number of carbonyl (C=O) groups is 4. The normalized spacial score (nSPS) is 10.8. The number of carboxylic acids is 2. The summed E-state index contributed by atoms with van der Waals surface area (Å²) in [6.07, 6.45) is 10.8. The van der Waals surface area contributed by atoms with Crippen molar-refractivity contribution in [2.45, 2.75) is 0 Å². The van der Waals surface area contributed by atoms with Gasteiger partial charge in [0.05, 0.1) is 22.3 Å². The highest BCUT2D eigenvalue weighted by atomic mass is 16.4. The Balaban J connectivity index is 1.43.